The van der Waals surface area contributed by atoms with Gasteiger partial charge in [-0.2, -0.15) is 0 Å². The van der Waals surface area contributed by atoms with E-state index in [9.17, 15) is 0 Å². The van der Waals surface area contributed by atoms with Crippen LogP contribution in [0.2, 0.25) is 10.5 Å². The first kappa shape index (κ1) is 20.3. The van der Waals surface area contributed by atoms with Crippen molar-refractivity contribution in [2.45, 2.75) is 66.5 Å². The van der Waals surface area contributed by atoms with Gasteiger partial charge in [0, 0.05) is 0 Å². The van der Waals surface area contributed by atoms with Gasteiger partial charge in [0.2, 0.25) is 0 Å². The SMILES string of the molecule is CPC1CC(C(C)C)(C(C)C)C[C](PC)([Ti]([CH3])([CH3])[Ti])C1. The topological polar surface area (TPSA) is 0 Å². The monoisotopic (exact) mass is 385 g/mol. The Hall–Kier alpha value is 2.29. The molecule has 1 fully saturated rings. The van der Waals surface area contributed by atoms with E-state index in [1.54, 1.807) is 6.42 Å². The number of rotatable bonds is 5. The van der Waals surface area contributed by atoms with Crippen LogP contribution in [-0.4, -0.2) is 22.4 Å². The first-order chi connectivity index (χ1) is 9.04. The van der Waals surface area contributed by atoms with Crippen molar-refractivity contribution in [3.8, 4) is 0 Å². The second-order valence-corrected chi connectivity index (χ2v) is 26.3. The summed E-state index contributed by atoms with van der Waals surface area (Å²) in [5, 5.41) is 5.37. The first-order valence-electron chi connectivity index (χ1n) is 8.16. The molecule has 1 aliphatic carbocycles. The minimum absolute atomic E-state index is 0.605. The first-order valence-corrected chi connectivity index (χ1v) is 19.1. The van der Waals surface area contributed by atoms with Crippen LogP contribution in [0.3, 0.4) is 0 Å². The molecule has 0 heterocycles. The molecule has 0 radical (unpaired) electrons. The average molecular weight is 385 g/mol. The van der Waals surface area contributed by atoms with E-state index in [1.807, 2.05) is 0 Å². The van der Waals surface area contributed by atoms with Crippen LogP contribution in [0, 0.1) is 17.3 Å². The fraction of sp³-hybridized carbons (Fsp3) is 1.00. The summed E-state index contributed by atoms with van der Waals surface area (Å²) in [6.45, 7) is 15.0. The molecular weight excluding hydrogens is 350 g/mol. The summed E-state index contributed by atoms with van der Waals surface area (Å²) in [5.74, 6) is 1.67. The summed E-state index contributed by atoms with van der Waals surface area (Å²) in [5.41, 5.74) is 1.61. The Morgan fingerprint density at radius 2 is 1.55 bits per heavy atom. The van der Waals surface area contributed by atoms with E-state index in [4.69, 9.17) is 0 Å². The normalized spacial score (nSPS) is 32.1. The fourth-order valence-corrected chi connectivity index (χ4v) is 16.6. The third-order valence-corrected chi connectivity index (χ3v) is 21.6. The van der Waals surface area contributed by atoms with Crippen LogP contribution in [-0.2, 0) is 30.6 Å². The third kappa shape index (κ3) is 3.85. The van der Waals surface area contributed by atoms with Crippen LogP contribution in [0.4, 0.5) is 0 Å². The molecule has 0 amide bonds. The predicted molar refractivity (Wildman–Crippen MR) is 92.7 cm³/mol. The summed E-state index contributed by atoms with van der Waals surface area (Å²) in [6.07, 6.45) is 4.60. The second kappa shape index (κ2) is 7.45. The van der Waals surface area contributed by atoms with E-state index in [2.05, 4.69) is 68.7 Å². The van der Waals surface area contributed by atoms with E-state index < -0.39 is 13.4 Å². The summed E-state index contributed by atoms with van der Waals surface area (Å²) >= 11 is 1.01. The molecule has 4 atom stereocenters. The molecule has 4 heteroatoms. The molecule has 0 nitrogen and oxygen atoms in total. The van der Waals surface area contributed by atoms with E-state index in [1.165, 1.54) is 12.8 Å². The zero-order chi connectivity index (χ0) is 15.8. The van der Waals surface area contributed by atoms with Crippen LogP contribution in [0.1, 0.15) is 47.0 Å². The Balaban J connectivity index is 3.30. The van der Waals surface area contributed by atoms with Gasteiger partial charge in [-0.05, 0) is 0 Å². The fourth-order valence-electron chi connectivity index (χ4n) is 4.39. The minimum atomic E-state index is -1.68. The molecular formula is C16H35P2Ti2. The van der Waals surface area contributed by atoms with Gasteiger partial charge < -0.3 is 0 Å². The molecule has 1 saturated carbocycles. The number of hydrogen-bond donors (Lipinski definition) is 0. The van der Waals surface area contributed by atoms with Crippen molar-refractivity contribution >= 4 is 17.2 Å². The molecule has 20 heavy (non-hydrogen) atoms. The molecule has 0 aromatic rings. The average Bonchev–Trinajstić information content (AvgIpc) is 2.35. The van der Waals surface area contributed by atoms with Crippen molar-refractivity contribution < 1.29 is 30.6 Å². The van der Waals surface area contributed by atoms with Crippen molar-refractivity contribution in [2.75, 3.05) is 13.3 Å². The van der Waals surface area contributed by atoms with Crippen molar-refractivity contribution in [1.29, 1.82) is 0 Å². The zero-order valence-corrected chi connectivity index (χ0v) is 20.0. The van der Waals surface area contributed by atoms with E-state index >= 15 is 0 Å². The van der Waals surface area contributed by atoms with Crippen LogP contribution >= 0.6 is 17.2 Å². The summed E-state index contributed by atoms with van der Waals surface area (Å²) in [4.78, 5) is 0. The summed E-state index contributed by atoms with van der Waals surface area (Å²) in [7, 11) is 2.30. The van der Waals surface area contributed by atoms with Crippen LogP contribution in [0.25, 0.3) is 0 Å². The molecule has 1 rings (SSSR count). The summed E-state index contributed by atoms with van der Waals surface area (Å²) < 4.78 is 0.750. The van der Waals surface area contributed by atoms with Gasteiger partial charge in [0.1, 0.15) is 0 Å². The zero-order valence-electron chi connectivity index (χ0n) is 14.9. The third-order valence-electron chi connectivity index (χ3n) is 6.24. The maximum absolute atomic E-state index is 2.68. The van der Waals surface area contributed by atoms with Gasteiger partial charge in [0.05, 0.1) is 0 Å². The second-order valence-electron chi connectivity index (χ2n) is 8.07. The molecule has 117 valence electrons. The Bertz CT molecular complexity index is 309. The molecule has 0 spiro atoms. The molecule has 0 aromatic carbocycles. The molecule has 0 bridgehead atoms. The van der Waals surface area contributed by atoms with Crippen LogP contribution < -0.4 is 0 Å². The quantitative estimate of drug-likeness (QED) is 0.411. The van der Waals surface area contributed by atoms with Gasteiger partial charge in [-0.15, -0.1) is 0 Å². The molecule has 0 saturated heterocycles. The Kier molecular flexibility index (Phi) is 7.58. The van der Waals surface area contributed by atoms with Gasteiger partial charge in [0.25, 0.3) is 0 Å². The molecule has 0 N–H and O–H groups in total. The van der Waals surface area contributed by atoms with E-state index in [-0.39, 0.29) is 0 Å². The van der Waals surface area contributed by atoms with E-state index in [0.717, 1.165) is 38.1 Å². The van der Waals surface area contributed by atoms with Crippen molar-refractivity contribution in [1.82, 2.24) is 0 Å². The van der Waals surface area contributed by atoms with Gasteiger partial charge in [0.15, 0.2) is 0 Å². The Labute approximate surface area is 144 Å². The Morgan fingerprint density at radius 1 is 1.05 bits per heavy atom. The summed E-state index contributed by atoms with van der Waals surface area (Å²) in [6, 6.07) is 0. The molecule has 0 aromatic heterocycles. The van der Waals surface area contributed by atoms with Crippen LogP contribution in [0.15, 0.2) is 0 Å². The number of hydrogen-bond acceptors (Lipinski definition) is 0. The van der Waals surface area contributed by atoms with Gasteiger partial charge in [-0.25, -0.2) is 0 Å². The standard InChI is InChI=1S/C14H29P2.2CH3.2Ti/c1-10(2)14(11(3)4)8-12(15-5)7-13(9-14)16-6;;;;/h10-12,15-16H,7-9H2,1-6H3;2*1H3;;. The Morgan fingerprint density at radius 3 is 1.85 bits per heavy atom. The van der Waals surface area contributed by atoms with E-state index in [0.29, 0.717) is 5.41 Å². The van der Waals surface area contributed by atoms with Crippen molar-refractivity contribution in [3.05, 3.63) is 0 Å². The predicted octanol–water partition coefficient (Wildman–Crippen LogP) is 5.86. The molecule has 0 aliphatic heterocycles. The van der Waals surface area contributed by atoms with Crippen molar-refractivity contribution in [2.24, 2.45) is 17.3 Å². The van der Waals surface area contributed by atoms with Gasteiger partial charge >= 0.3 is 145 Å². The van der Waals surface area contributed by atoms with Crippen molar-refractivity contribution in [3.63, 3.8) is 0 Å². The molecule has 1 aliphatic rings. The molecule has 4 unspecified atom stereocenters. The maximum atomic E-state index is 2.68. The van der Waals surface area contributed by atoms with Crippen LogP contribution in [0.5, 0.6) is 0 Å². The van der Waals surface area contributed by atoms with Gasteiger partial charge in [-0.1, -0.05) is 0 Å². The van der Waals surface area contributed by atoms with Gasteiger partial charge in [-0.3, -0.25) is 0 Å².